The molecule has 9 rings (SSSR count). The molecule has 2 N–H and O–H groups in total. The smallest absolute Gasteiger partial charge is 0.0737 e. The second-order valence-electron chi connectivity index (χ2n) is 13.0. The molecular weight excluding hydrogens is 934 g/mol. The van der Waals surface area contributed by atoms with Gasteiger partial charge in [-0.1, -0.05) is 117 Å². The minimum atomic E-state index is 0. The molecule has 0 aliphatic carbocycles. The van der Waals surface area contributed by atoms with Crippen molar-refractivity contribution in [3.05, 3.63) is 160 Å². The summed E-state index contributed by atoms with van der Waals surface area (Å²) in [5.74, 6) is 0. The summed E-state index contributed by atoms with van der Waals surface area (Å²) in [6.45, 7) is 0. The van der Waals surface area contributed by atoms with Crippen molar-refractivity contribution in [2.24, 2.45) is 0 Å². The summed E-state index contributed by atoms with van der Waals surface area (Å²) in [6, 6.07) is 29.5. The average molecular weight is 956 g/mol. The Hall–Kier alpha value is -3.58. The van der Waals surface area contributed by atoms with Crippen molar-refractivity contribution in [3.8, 4) is 44.5 Å². The topological polar surface area (TPSA) is 57.4 Å². The van der Waals surface area contributed by atoms with Gasteiger partial charge in [-0.2, -0.15) is 0 Å². The van der Waals surface area contributed by atoms with E-state index in [1.54, 1.807) is 48.5 Å². The zero-order chi connectivity index (χ0) is 38.8. The number of fused-ring (bicyclic) bond motifs is 8. The maximum atomic E-state index is 6.94. The molecule has 0 saturated heterocycles. The van der Waals surface area contributed by atoms with Crippen molar-refractivity contribution in [3.63, 3.8) is 0 Å². The summed E-state index contributed by atoms with van der Waals surface area (Å²) < 4.78 is 0. The van der Waals surface area contributed by atoms with E-state index in [0.29, 0.717) is 63.0 Å². The predicted molar refractivity (Wildman–Crippen MR) is 241 cm³/mol. The van der Waals surface area contributed by atoms with Gasteiger partial charge in [0.1, 0.15) is 0 Å². The van der Waals surface area contributed by atoms with Crippen LogP contribution >= 0.6 is 92.8 Å². The third kappa shape index (κ3) is 7.60. The molecule has 5 heterocycles. The van der Waals surface area contributed by atoms with Crippen LogP contribution in [0.1, 0.15) is 22.8 Å². The SMILES string of the molecule is Clc1ccc(-c2c3nc(c(-c4ccc(Cl)cc4Cl)c4ccc([nH]4)c(-c4ccc(Cl)cc4Cl)c4nc(c(-c5ccc(Cl)cc5Cl)c5ccc2[nH]5)C=C4)C=C3)c(Cl)c1.[Zn]. The van der Waals surface area contributed by atoms with Crippen molar-refractivity contribution in [2.45, 2.75) is 0 Å². The number of benzene rings is 4. The Morgan fingerprint density at radius 2 is 0.544 bits per heavy atom. The third-order valence-corrected chi connectivity index (χ3v) is 11.7. The Balaban J connectivity index is 0.00000455. The first-order chi connectivity index (χ1) is 27.0. The molecule has 4 aromatic carbocycles. The van der Waals surface area contributed by atoms with Gasteiger partial charge in [-0.05, 0) is 97.1 Å². The van der Waals surface area contributed by atoms with E-state index in [4.69, 9.17) is 103 Å². The number of hydrogen-bond donors (Lipinski definition) is 2. The third-order valence-electron chi connectivity index (χ3n) is 9.56. The van der Waals surface area contributed by atoms with Gasteiger partial charge >= 0.3 is 0 Å². The van der Waals surface area contributed by atoms with Crippen molar-refractivity contribution in [1.82, 2.24) is 19.9 Å². The summed E-state index contributed by atoms with van der Waals surface area (Å²) in [5.41, 5.74) is 11.4. The Morgan fingerprint density at radius 1 is 0.316 bits per heavy atom. The van der Waals surface area contributed by atoms with Crippen LogP contribution in [0.25, 0.3) is 90.9 Å². The minimum Gasteiger partial charge on any atom is -0.354 e. The Bertz CT molecular complexity index is 2640. The zero-order valence-corrected chi connectivity index (χ0v) is 38.2. The summed E-state index contributed by atoms with van der Waals surface area (Å²) in [6.07, 6.45) is 7.83. The van der Waals surface area contributed by atoms with E-state index in [1.165, 1.54) is 0 Å². The van der Waals surface area contributed by atoms with Gasteiger partial charge in [-0.3, -0.25) is 0 Å². The summed E-state index contributed by atoms with van der Waals surface area (Å²) in [4.78, 5) is 17.9. The average Bonchev–Trinajstić information content (AvgIpc) is 3.99. The normalized spacial score (nSPS) is 11.9. The molecule has 0 fully saturated rings. The van der Waals surface area contributed by atoms with Crippen LogP contribution in [0.3, 0.4) is 0 Å². The Labute approximate surface area is 379 Å². The number of rotatable bonds is 4. The van der Waals surface area contributed by atoms with E-state index >= 15 is 0 Å². The number of aromatic amines is 2. The summed E-state index contributed by atoms with van der Waals surface area (Å²) in [5, 5.41) is 3.86. The molecule has 0 spiro atoms. The number of nitrogens with one attached hydrogen (secondary N) is 2. The molecule has 276 valence electrons. The van der Waals surface area contributed by atoms with Gasteiger partial charge in [0.15, 0.2) is 0 Å². The molecule has 7 aromatic rings. The van der Waals surface area contributed by atoms with Crippen LogP contribution in [0, 0.1) is 0 Å². The fraction of sp³-hybridized carbons (Fsp3) is 0. The van der Waals surface area contributed by atoms with E-state index in [9.17, 15) is 0 Å². The van der Waals surface area contributed by atoms with Crippen molar-refractivity contribution >= 4 is 139 Å². The van der Waals surface area contributed by atoms with Gasteiger partial charge in [0, 0.05) is 106 Å². The number of hydrogen-bond acceptors (Lipinski definition) is 2. The second kappa shape index (κ2) is 16.2. The van der Waals surface area contributed by atoms with Gasteiger partial charge in [-0.15, -0.1) is 0 Å². The first-order valence-corrected chi connectivity index (χ1v) is 20.0. The number of H-pyrrole nitrogens is 2. The van der Waals surface area contributed by atoms with Gasteiger partial charge in [0.2, 0.25) is 0 Å². The van der Waals surface area contributed by atoms with Gasteiger partial charge in [0.25, 0.3) is 0 Å². The van der Waals surface area contributed by atoms with Crippen LogP contribution in [0.5, 0.6) is 0 Å². The molecule has 2 aliphatic rings. The molecule has 2 aliphatic heterocycles. The maximum Gasteiger partial charge on any atom is 0.0737 e. The fourth-order valence-corrected chi connectivity index (χ4v) is 9.12. The van der Waals surface area contributed by atoms with E-state index in [1.807, 2.05) is 72.8 Å². The molecule has 0 amide bonds. The van der Waals surface area contributed by atoms with E-state index in [2.05, 4.69) is 9.97 Å². The summed E-state index contributed by atoms with van der Waals surface area (Å²) in [7, 11) is 0. The van der Waals surface area contributed by atoms with E-state index in [0.717, 1.165) is 66.6 Å². The van der Waals surface area contributed by atoms with E-state index in [-0.39, 0.29) is 19.5 Å². The number of aromatic nitrogens is 4. The standard InChI is InChI=1S/C44H22Cl8N4.Zn/c45-21-1-5-25(29(49)17-21)41-33-9-11-35(53-33)42(26-6-2-22(46)18-30(26)50)37-13-15-39(55-37)44(28-8-4-24(48)20-32(28)52)40-16-14-38(56-40)43(36-12-10-34(41)54-36)27-7-3-23(47)19-31(27)51;/h1-20,53,56H;. The Kier molecular flexibility index (Phi) is 11.4. The van der Waals surface area contributed by atoms with Crippen LogP contribution < -0.4 is 0 Å². The number of halogens is 8. The van der Waals surface area contributed by atoms with Crippen LogP contribution in [0.4, 0.5) is 0 Å². The van der Waals surface area contributed by atoms with Gasteiger partial charge < -0.3 is 9.97 Å². The molecule has 0 atom stereocenters. The summed E-state index contributed by atoms with van der Waals surface area (Å²) >= 11 is 53.4. The predicted octanol–water partition coefficient (Wildman–Crippen LogP) is 16.5. The quantitative estimate of drug-likeness (QED) is 0.173. The molecule has 8 bridgehead atoms. The van der Waals surface area contributed by atoms with Crippen LogP contribution in [-0.2, 0) is 19.5 Å². The van der Waals surface area contributed by atoms with Crippen LogP contribution in [0.2, 0.25) is 40.2 Å². The van der Waals surface area contributed by atoms with Crippen LogP contribution in [-0.4, -0.2) is 19.9 Å². The molecule has 13 heteroatoms. The second-order valence-corrected chi connectivity index (χ2v) is 16.4. The Morgan fingerprint density at radius 3 is 0.754 bits per heavy atom. The van der Waals surface area contributed by atoms with Gasteiger partial charge in [-0.25, -0.2) is 9.97 Å². The van der Waals surface area contributed by atoms with Crippen molar-refractivity contribution in [1.29, 1.82) is 0 Å². The monoisotopic (exact) mass is 950 g/mol. The first kappa shape index (κ1) is 40.2. The molecule has 3 aromatic heterocycles. The molecule has 0 unspecified atom stereocenters. The largest absolute Gasteiger partial charge is 0.354 e. The van der Waals surface area contributed by atoms with E-state index < -0.39 is 0 Å². The van der Waals surface area contributed by atoms with Crippen molar-refractivity contribution in [2.75, 3.05) is 0 Å². The zero-order valence-electron chi connectivity index (χ0n) is 29.2. The molecule has 0 saturated carbocycles. The maximum absolute atomic E-state index is 6.94. The first-order valence-electron chi connectivity index (χ1n) is 17.0. The number of nitrogens with zero attached hydrogens (tertiary/aromatic N) is 2. The molecule has 4 nitrogen and oxygen atoms in total. The molecular formula is C44H22Cl8N4Zn. The van der Waals surface area contributed by atoms with Gasteiger partial charge in [0.05, 0.1) is 42.9 Å². The van der Waals surface area contributed by atoms with Crippen LogP contribution in [0.15, 0.2) is 97.1 Å². The molecule has 0 radical (unpaired) electrons. The van der Waals surface area contributed by atoms with Crippen molar-refractivity contribution < 1.29 is 19.5 Å². The fourth-order valence-electron chi connectivity index (χ4n) is 7.11. The molecule has 57 heavy (non-hydrogen) atoms. The minimum absolute atomic E-state index is 0.